The van der Waals surface area contributed by atoms with Crippen LogP contribution in [0.25, 0.3) is 0 Å². The fraction of sp³-hybridized carbons (Fsp3) is 0.333. The summed E-state index contributed by atoms with van der Waals surface area (Å²) in [5, 5.41) is 26.0. The van der Waals surface area contributed by atoms with Crippen LogP contribution in [-0.4, -0.2) is 60.8 Å². The summed E-state index contributed by atoms with van der Waals surface area (Å²) in [4.78, 5) is 24.9. The van der Waals surface area contributed by atoms with E-state index < -0.39 is 28.7 Å². The summed E-state index contributed by atoms with van der Waals surface area (Å²) in [5.74, 6) is -0.898. The van der Waals surface area contributed by atoms with Gasteiger partial charge in [-0.1, -0.05) is 42.5 Å². The lowest BCUT2D eigenvalue weighted by molar-refractivity contribution is -0.144. The zero-order valence-electron chi connectivity index (χ0n) is 22.8. The summed E-state index contributed by atoms with van der Waals surface area (Å²) >= 11 is 0. The van der Waals surface area contributed by atoms with Crippen molar-refractivity contribution in [3.8, 4) is 23.6 Å². The van der Waals surface area contributed by atoms with Crippen LogP contribution >= 0.6 is 0 Å². The summed E-state index contributed by atoms with van der Waals surface area (Å²) < 4.78 is 18.3. The number of pyridine rings is 1. The molecule has 3 aliphatic rings. The van der Waals surface area contributed by atoms with Crippen LogP contribution < -0.4 is 19.5 Å². The molecule has 1 saturated carbocycles. The van der Waals surface area contributed by atoms with Gasteiger partial charge in [0.2, 0.25) is 23.4 Å². The number of hydrogen-bond donors (Lipinski definition) is 2. The molecular formula is C30H29N5O5. The lowest BCUT2D eigenvalue weighted by atomic mass is 9.68. The van der Waals surface area contributed by atoms with Gasteiger partial charge in [0.1, 0.15) is 11.7 Å². The van der Waals surface area contributed by atoms with Crippen LogP contribution in [0.3, 0.4) is 0 Å². The van der Waals surface area contributed by atoms with Gasteiger partial charge >= 0.3 is 0 Å². The topological polar surface area (TPSA) is 129 Å². The maximum absolute atomic E-state index is 14.2. The van der Waals surface area contributed by atoms with Crippen molar-refractivity contribution in [1.29, 1.82) is 5.26 Å². The molecule has 2 N–H and O–H groups in total. The molecule has 10 heteroatoms. The molecule has 40 heavy (non-hydrogen) atoms. The van der Waals surface area contributed by atoms with E-state index in [1.165, 1.54) is 19.1 Å². The number of aromatic nitrogens is 1. The Balaban J connectivity index is 1.80. The number of hydrogen-bond acceptors (Lipinski definition) is 9. The number of benzene rings is 2. The first-order valence-corrected chi connectivity index (χ1v) is 12.8. The molecule has 2 aliphatic heterocycles. The zero-order chi connectivity index (χ0) is 28.4. The molecule has 204 valence electrons. The highest BCUT2D eigenvalue weighted by Crippen LogP contribution is 2.74. The van der Waals surface area contributed by atoms with Crippen LogP contribution in [0.15, 0.2) is 65.7 Å². The van der Waals surface area contributed by atoms with E-state index in [-0.39, 0.29) is 17.7 Å². The predicted molar refractivity (Wildman–Crippen MR) is 145 cm³/mol. The van der Waals surface area contributed by atoms with E-state index in [1.54, 1.807) is 51.4 Å². The number of methoxy groups -OCH3 is 2. The number of aliphatic hydroxyl groups is 1. The van der Waals surface area contributed by atoms with Crippen molar-refractivity contribution in [2.75, 3.05) is 28.3 Å². The third-order valence-corrected chi connectivity index (χ3v) is 8.30. The molecule has 1 aliphatic carbocycles. The average Bonchev–Trinajstić information content (AvgIpc) is 3.47. The van der Waals surface area contributed by atoms with Gasteiger partial charge in [-0.25, -0.2) is 4.99 Å². The van der Waals surface area contributed by atoms with Crippen molar-refractivity contribution in [1.82, 2.24) is 15.2 Å². The number of nitrogens with one attached hydrogen (secondary N) is 1. The minimum Gasteiger partial charge on any atom is -0.481 e. The van der Waals surface area contributed by atoms with Gasteiger partial charge in [-0.2, -0.15) is 10.2 Å². The third kappa shape index (κ3) is 2.98. The number of carbonyl (C=O) groups excluding carboxylic acids is 1. The second-order valence-corrected chi connectivity index (χ2v) is 10.5. The van der Waals surface area contributed by atoms with Crippen molar-refractivity contribution in [3.05, 3.63) is 82.9 Å². The van der Waals surface area contributed by atoms with Crippen molar-refractivity contribution < 1.29 is 24.1 Å². The Kier molecular flexibility index (Phi) is 5.57. The fourth-order valence-corrected chi connectivity index (χ4v) is 6.93. The van der Waals surface area contributed by atoms with E-state index in [0.29, 0.717) is 28.3 Å². The molecule has 2 aromatic carbocycles. The average molecular weight is 540 g/mol. The third-order valence-electron chi connectivity index (χ3n) is 8.30. The number of nitrogens with zero attached hydrogens (tertiary/aromatic N) is 4. The predicted octanol–water partition coefficient (Wildman–Crippen LogP) is 2.67. The van der Waals surface area contributed by atoms with E-state index in [4.69, 9.17) is 19.2 Å². The Labute approximate surface area is 231 Å². The lowest BCUT2D eigenvalue weighted by Crippen LogP contribution is -2.63. The SMILES string of the molecule is COc1cc2c(c(OC)n1)[C@]13NC(C)=N[C@@]1(O)[C@H](C(=O)N(C)C)[C@@H](c1ccccc1)[C@]3(c1ccc(C#N)cc1)O2. The highest BCUT2D eigenvalue weighted by molar-refractivity contribution is 5.91. The highest BCUT2D eigenvalue weighted by Gasteiger charge is 2.86. The molecular weight excluding hydrogens is 510 g/mol. The molecule has 1 spiro atoms. The molecule has 3 heterocycles. The van der Waals surface area contributed by atoms with Gasteiger partial charge in [-0.05, 0) is 30.2 Å². The second kappa shape index (κ2) is 8.69. The fourth-order valence-electron chi connectivity index (χ4n) is 6.93. The summed E-state index contributed by atoms with van der Waals surface area (Å²) in [6.07, 6.45) is 0. The first-order valence-electron chi connectivity index (χ1n) is 12.8. The van der Waals surface area contributed by atoms with E-state index >= 15 is 0 Å². The van der Waals surface area contributed by atoms with Crippen LogP contribution in [-0.2, 0) is 15.9 Å². The number of amides is 1. The number of fused-ring (bicyclic) bond motifs is 1. The Morgan fingerprint density at radius 1 is 1.12 bits per heavy atom. The van der Waals surface area contributed by atoms with E-state index in [1.807, 2.05) is 30.3 Å². The van der Waals surface area contributed by atoms with Gasteiger partial charge in [-0.15, -0.1) is 0 Å². The van der Waals surface area contributed by atoms with Crippen LogP contribution in [0.2, 0.25) is 0 Å². The smallest absolute Gasteiger partial charge is 0.231 e. The number of nitriles is 1. The lowest BCUT2D eigenvalue weighted by Gasteiger charge is -2.43. The number of amidine groups is 1. The molecule has 3 aromatic rings. The molecule has 1 fully saturated rings. The maximum atomic E-state index is 14.2. The van der Waals surface area contributed by atoms with Gasteiger partial charge in [0.25, 0.3) is 0 Å². The van der Waals surface area contributed by atoms with Gasteiger partial charge in [0, 0.05) is 26.1 Å². The number of ether oxygens (including phenoxy) is 3. The van der Waals surface area contributed by atoms with Crippen molar-refractivity contribution in [3.63, 3.8) is 0 Å². The van der Waals surface area contributed by atoms with Gasteiger partial charge in [0.15, 0.2) is 11.1 Å². The highest BCUT2D eigenvalue weighted by atomic mass is 16.5. The normalized spacial score (nSPS) is 29.2. The molecule has 0 radical (unpaired) electrons. The van der Waals surface area contributed by atoms with E-state index in [0.717, 1.165) is 5.56 Å². The van der Waals surface area contributed by atoms with Crippen molar-refractivity contribution in [2.24, 2.45) is 10.9 Å². The van der Waals surface area contributed by atoms with Crippen LogP contribution in [0.4, 0.5) is 0 Å². The molecule has 1 amide bonds. The summed E-state index contributed by atoms with van der Waals surface area (Å²) in [5.41, 5.74) is -2.71. The minimum absolute atomic E-state index is 0.172. The summed E-state index contributed by atoms with van der Waals surface area (Å²) in [6, 6.07) is 20.3. The quantitative estimate of drug-likeness (QED) is 0.506. The molecule has 0 saturated heterocycles. The van der Waals surface area contributed by atoms with Gasteiger partial charge < -0.3 is 29.5 Å². The first kappa shape index (κ1) is 25.6. The molecule has 1 aromatic heterocycles. The summed E-state index contributed by atoms with van der Waals surface area (Å²) in [6.45, 7) is 1.74. The first-order chi connectivity index (χ1) is 19.2. The number of carbonyl (C=O) groups is 1. The molecule has 5 atom stereocenters. The number of rotatable bonds is 5. The van der Waals surface area contributed by atoms with Crippen LogP contribution in [0.1, 0.15) is 35.1 Å². The monoisotopic (exact) mass is 539 g/mol. The molecule has 0 unspecified atom stereocenters. The van der Waals surface area contributed by atoms with Crippen LogP contribution in [0, 0.1) is 17.2 Å². The molecule has 10 nitrogen and oxygen atoms in total. The van der Waals surface area contributed by atoms with Crippen LogP contribution in [0.5, 0.6) is 17.5 Å². The minimum atomic E-state index is -2.03. The van der Waals surface area contributed by atoms with E-state index in [9.17, 15) is 15.2 Å². The second-order valence-electron chi connectivity index (χ2n) is 10.5. The zero-order valence-corrected chi connectivity index (χ0v) is 22.8. The molecule has 6 rings (SSSR count). The standard InChI is InChI=1S/C30H29N5O5/c1-17-33-29-24-21(15-22(38-4)32-26(24)39-5)40-28(29,20-13-11-18(16-31)12-14-20)23(19-9-7-6-8-10-19)25(27(36)35(2)3)30(29,37)34-17/h6-15,23,25,37H,1-5H3,(H,33,34)/t23-,25+,28+,29-,30-/m1/s1. The van der Waals surface area contributed by atoms with E-state index in [2.05, 4.69) is 16.4 Å². The molecule has 0 bridgehead atoms. The van der Waals surface area contributed by atoms with Crippen molar-refractivity contribution >= 4 is 11.7 Å². The van der Waals surface area contributed by atoms with Gasteiger partial charge in [0.05, 0.1) is 37.3 Å². The Hall–Kier alpha value is -4.62. The Morgan fingerprint density at radius 3 is 2.42 bits per heavy atom. The largest absolute Gasteiger partial charge is 0.481 e. The van der Waals surface area contributed by atoms with Gasteiger partial charge in [-0.3, -0.25) is 4.79 Å². The maximum Gasteiger partial charge on any atom is 0.231 e. The Morgan fingerprint density at radius 2 is 1.82 bits per heavy atom. The van der Waals surface area contributed by atoms with Crippen molar-refractivity contribution in [2.45, 2.75) is 29.7 Å². The summed E-state index contributed by atoms with van der Waals surface area (Å²) in [7, 11) is 6.29. The Bertz CT molecular complexity index is 1580. The number of aliphatic imine (C=N–C) groups is 1.